The molecule has 0 saturated carbocycles. The summed E-state index contributed by atoms with van der Waals surface area (Å²) in [5.41, 5.74) is 1.31. The molecule has 0 fully saturated rings. The van der Waals surface area contributed by atoms with Gasteiger partial charge in [0.05, 0.1) is 11.1 Å². The fraction of sp³-hybridized carbons (Fsp3) is 0.167. The zero-order chi connectivity index (χ0) is 9.80. The smallest absolute Gasteiger partial charge is 0.117 e. The SMILES string of the molecule is BrC(Cc1ccccc1)c1ccco1. The Balaban J connectivity index is 2.06. The second-order valence-electron chi connectivity index (χ2n) is 3.17. The van der Waals surface area contributed by atoms with Crippen LogP contribution < -0.4 is 0 Å². The lowest BCUT2D eigenvalue weighted by Crippen LogP contribution is -1.92. The van der Waals surface area contributed by atoms with Crippen molar-refractivity contribution in [3.63, 3.8) is 0 Å². The van der Waals surface area contributed by atoms with Gasteiger partial charge in [0, 0.05) is 0 Å². The highest BCUT2D eigenvalue weighted by atomic mass is 79.9. The molecule has 1 atom stereocenters. The van der Waals surface area contributed by atoms with Gasteiger partial charge in [0.1, 0.15) is 5.76 Å². The van der Waals surface area contributed by atoms with Gasteiger partial charge in [-0.3, -0.25) is 0 Å². The van der Waals surface area contributed by atoms with E-state index >= 15 is 0 Å². The van der Waals surface area contributed by atoms with Crippen molar-refractivity contribution in [1.29, 1.82) is 0 Å². The lowest BCUT2D eigenvalue weighted by Gasteiger charge is -2.06. The summed E-state index contributed by atoms with van der Waals surface area (Å²) in [6, 6.07) is 14.3. The molecule has 1 unspecified atom stereocenters. The van der Waals surface area contributed by atoms with E-state index in [1.807, 2.05) is 18.2 Å². The Morgan fingerprint density at radius 1 is 1.07 bits per heavy atom. The lowest BCUT2D eigenvalue weighted by molar-refractivity contribution is 0.507. The molecule has 1 nitrogen and oxygen atoms in total. The maximum absolute atomic E-state index is 5.32. The molecule has 0 radical (unpaired) electrons. The van der Waals surface area contributed by atoms with Crippen LogP contribution in [0.25, 0.3) is 0 Å². The van der Waals surface area contributed by atoms with Crippen LogP contribution in [0, 0.1) is 0 Å². The van der Waals surface area contributed by atoms with Crippen LogP contribution in [0.4, 0.5) is 0 Å². The van der Waals surface area contributed by atoms with Gasteiger partial charge in [-0.05, 0) is 24.1 Å². The van der Waals surface area contributed by atoms with Crippen molar-refractivity contribution < 1.29 is 4.42 Å². The van der Waals surface area contributed by atoms with Gasteiger partial charge in [0.2, 0.25) is 0 Å². The fourth-order valence-corrected chi connectivity index (χ4v) is 2.03. The molecule has 2 aromatic rings. The van der Waals surface area contributed by atoms with Crippen molar-refractivity contribution in [2.45, 2.75) is 11.2 Å². The van der Waals surface area contributed by atoms with Crippen LogP contribution >= 0.6 is 15.9 Å². The number of alkyl halides is 1. The van der Waals surface area contributed by atoms with Crippen molar-refractivity contribution >= 4 is 15.9 Å². The van der Waals surface area contributed by atoms with Crippen LogP contribution in [0.1, 0.15) is 16.2 Å². The molecule has 0 aliphatic rings. The largest absolute Gasteiger partial charge is 0.468 e. The third-order valence-electron chi connectivity index (χ3n) is 2.11. The maximum atomic E-state index is 5.32. The molecule has 0 aliphatic heterocycles. The Hall–Kier alpha value is -1.02. The monoisotopic (exact) mass is 250 g/mol. The second kappa shape index (κ2) is 4.47. The van der Waals surface area contributed by atoms with Crippen molar-refractivity contribution in [2.75, 3.05) is 0 Å². The zero-order valence-electron chi connectivity index (χ0n) is 7.69. The summed E-state index contributed by atoms with van der Waals surface area (Å²) in [5, 5.41) is 0. The van der Waals surface area contributed by atoms with E-state index in [0.717, 1.165) is 12.2 Å². The molecule has 0 N–H and O–H groups in total. The highest BCUT2D eigenvalue weighted by Gasteiger charge is 2.10. The Bertz CT molecular complexity index is 366. The summed E-state index contributed by atoms with van der Waals surface area (Å²) in [7, 11) is 0. The van der Waals surface area contributed by atoms with E-state index in [9.17, 15) is 0 Å². The van der Waals surface area contributed by atoms with E-state index in [-0.39, 0.29) is 4.83 Å². The molecular formula is C12H11BrO. The molecule has 2 rings (SSSR count). The van der Waals surface area contributed by atoms with Crippen LogP contribution in [0.3, 0.4) is 0 Å². The lowest BCUT2D eigenvalue weighted by atomic mass is 10.1. The van der Waals surface area contributed by atoms with Crippen LogP contribution in [-0.2, 0) is 6.42 Å². The van der Waals surface area contributed by atoms with Crippen LogP contribution in [-0.4, -0.2) is 0 Å². The number of hydrogen-bond acceptors (Lipinski definition) is 1. The predicted octanol–water partition coefficient (Wildman–Crippen LogP) is 3.96. The number of halogens is 1. The van der Waals surface area contributed by atoms with E-state index in [1.165, 1.54) is 5.56 Å². The maximum Gasteiger partial charge on any atom is 0.117 e. The van der Waals surface area contributed by atoms with E-state index < -0.39 is 0 Å². The Morgan fingerprint density at radius 3 is 2.50 bits per heavy atom. The molecule has 72 valence electrons. The van der Waals surface area contributed by atoms with Gasteiger partial charge in [0.15, 0.2) is 0 Å². The molecule has 2 heteroatoms. The van der Waals surface area contributed by atoms with Gasteiger partial charge in [-0.1, -0.05) is 46.3 Å². The average molecular weight is 251 g/mol. The van der Waals surface area contributed by atoms with Crippen molar-refractivity contribution in [2.24, 2.45) is 0 Å². The Morgan fingerprint density at radius 2 is 1.86 bits per heavy atom. The number of rotatable bonds is 3. The summed E-state index contributed by atoms with van der Waals surface area (Å²) in [6.07, 6.45) is 2.66. The van der Waals surface area contributed by atoms with Gasteiger partial charge in [-0.15, -0.1) is 0 Å². The first-order valence-corrected chi connectivity index (χ1v) is 5.49. The molecular weight excluding hydrogens is 240 g/mol. The molecule has 14 heavy (non-hydrogen) atoms. The van der Waals surface area contributed by atoms with Gasteiger partial charge >= 0.3 is 0 Å². The van der Waals surface area contributed by atoms with Crippen LogP contribution in [0.2, 0.25) is 0 Å². The van der Waals surface area contributed by atoms with Gasteiger partial charge in [-0.25, -0.2) is 0 Å². The first-order chi connectivity index (χ1) is 6.86. The van der Waals surface area contributed by atoms with Crippen LogP contribution in [0.15, 0.2) is 53.1 Å². The number of furan rings is 1. The molecule has 1 aromatic heterocycles. The predicted molar refractivity (Wildman–Crippen MR) is 60.5 cm³/mol. The fourth-order valence-electron chi connectivity index (χ4n) is 1.39. The summed E-state index contributed by atoms with van der Waals surface area (Å²) < 4.78 is 5.32. The quantitative estimate of drug-likeness (QED) is 0.752. The second-order valence-corrected chi connectivity index (χ2v) is 4.28. The number of hydrogen-bond donors (Lipinski definition) is 0. The summed E-state index contributed by atoms with van der Waals surface area (Å²) in [4.78, 5) is 0.264. The van der Waals surface area contributed by atoms with E-state index in [0.29, 0.717) is 0 Å². The minimum Gasteiger partial charge on any atom is -0.468 e. The average Bonchev–Trinajstić information content (AvgIpc) is 2.72. The van der Waals surface area contributed by atoms with E-state index in [4.69, 9.17) is 4.42 Å². The minimum absolute atomic E-state index is 0.264. The summed E-state index contributed by atoms with van der Waals surface area (Å²) in [5.74, 6) is 0.980. The standard InChI is InChI=1S/C12H11BrO/c13-11(12-7-4-8-14-12)9-10-5-2-1-3-6-10/h1-8,11H,9H2. The van der Waals surface area contributed by atoms with Gasteiger partial charge in [0.25, 0.3) is 0 Å². The van der Waals surface area contributed by atoms with E-state index in [2.05, 4.69) is 40.2 Å². The zero-order valence-corrected chi connectivity index (χ0v) is 9.28. The Labute approximate surface area is 91.9 Å². The van der Waals surface area contributed by atoms with Gasteiger partial charge < -0.3 is 4.42 Å². The molecule has 1 heterocycles. The van der Waals surface area contributed by atoms with Gasteiger partial charge in [-0.2, -0.15) is 0 Å². The highest BCUT2D eigenvalue weighted by Crippen LogP contribution is 2.26. The molecule has 0 aliphatic carbocycles. The molecule has 0 spiro atoms. The molecule has 0 saturated heterocycles. The van der Waals surface area contributed by atoms with Crippen molar-refractivity contribution in [1.82, 2.24) is 0 Å². The topological polar surface area (TPSA) is 13.1 Å². The summed E-state index contributed by atoms with van der Waals surface area (Å²) in [6.45, 7) is 0. The van der Waals surface area contributed by atoms with Crippen molar-refractivity contribution in [3.05, 3.63) is 60.1 Å². The molecule has 1 aromatic carbocycles. The Kier molecular flexibility index (Phi) is 3.04. The highest BCUT2D eigenvalue weighted by molar-refractivity contribution is 9.09. The van der Waals surface area contributed by atoms with E-state index in [1.54, 1.807) is 6.26 Å². The first-order valence-electron chi connectivity index (χ1n) is 4.57. The third kappa shape index (κ3) is 2.26. The summed E-state index contributed by atoms with van der Waals surface area (Å²) >= 11 is 3.61. The molecule has 0 amide bonds. The minimum atomic E-state index is 0.264. The third-order valence-corrected chi connectivity index (χ3v) is 2.88. The number of benzene rings is 1. The normalized spacial score (nSPS) is 12.6. The molecule has 0 bridgehead atoms. The van der Waals surface area contributed by atoms with Crippen LogP contribution in [0.5, 0.6) is 0 Å². The van der Waals surface area contributed by atoms with Crippen molar-refractivity contribution in [3.8, 4) is 0 Å². The first kappa shape index (κ1) is 9.53.